The standard InChI is InChI=1S/C14H17N5O/c1-2-7-15-9-14-18-13(19-20-14)8-12-16-10-5-3-4-6-11(10)17-12/h3-6,15H,2,7-9H2,1H3,(H,16,17). The molecule has 0 aliphatic carbocycles. The monoisotopic (exact) mass is 271 g/mol. The highest BCUT2D eigenvalue weighted by Gasteiger charge is 2.09. The summed E-state index contributed by atoms with van der Waals surface area (Å²) in [6.07, 6.45) is 1.63. The molecule has 0 amide bonds. The number of hydrogen-bond acceptors (Lipinski definition) is 5. The molecule has 2 N–H and O–H groups in total. The summed E-state index contributed by atoms with van der Waals surface area (Å²) in [5.41, 5.74) is 1.98. The third-order valence-corrected chi connectivity index (χ3v) is 2.98. The molecule has 0 fully saturated rings. The van der Waals surface area contributed by atoms with Gasteiger partial charge in [0.05, 0.1) is 24.0 Å². The minimum absolute atomic E-state index is 0.548. The molecule has 6 nitrogen and oxygen atoms in total. The van der Waals surface area contributed by atoms with Gasteiger partial charge in [0.25, 0.3) is 0 Å². The summed E-state index contributed by atoms with van der Waals surface area (Å²) in [6, 6.07) is 7.93. The van der Waals surface area contributed by atoms with Crippen LogP contribution in [0.2, 0.25) is 0 Å². The van der Waals surface area contributed by atoms with Crippen molar-refractivity contribution in [3.63, 3.8) is 0 Å². The molecule has 0 aliphatic heterocycles. The van der Waals surface area contributed by atoms with Gasteiger partial charge in [-0.05, 0) is 25.1 Å². The fourth-order valence-corrected chi connectivity index (χ4v) is 2.04. The number of imidazole rings is 1. The van der Waals surface area contributed by atoms with Crippen molar-refractivity contribution in [3.8, 4) is 0 Å². The van der Waals surface area contributed by atoms with Crippen LogP contribution in [0, 0.1) is 0 Å². The third kappa shape index (κ3) is 2.85. The number of nitrogens with one attached hydrogen (secondary N) is 2. The zero-order valence-electron chi connectivity index (χ0n) is 11.4. The fraction of sp³-hybridized carbons (Fsp3) is 0.357. The number of rotatable bonds is 6. The van der Waals surface area contributed by atoms with Crippen LogP contribution in [0.25, 0.3) is 11.0 Å². The maximum absolute atomic E-state index is 5.19. The van der Waals surface area contributed by atoms with E-state index in [9.17, 15) is 0 Å². The lowest BCUT2D eigenvalue weighted by atomic mass is 10.3. The lowest BCUT2D eigenvalue weighted by Gasteiger charge is -1.95. The van der Waals surface area contributed by atoms with Crippen LogP contribution in [0.5, 0.6) is 0 Å². The Morgan fingerprint density at radius 1 is 1.25 bits per heavy atom. The van der Waals surface area contributed by atoms with Gasteiger partial charge in [-0.25, -0.2) is 4.98 Å². The number of H-pyrrole nitrogens is 1. The quantitative estimate of drug-likeness (QED) is 0.671. The van der Waals surface area contributed by atoms with Gasteiger partial charge in [-0.3, -0.25) is 0 Å². The second kappa shape index (κ2) is 5.83. The van der Waals surface area contributed by atoms with Gasteiger partial charge in [-0.2, -0.15) is 4.98 Å². The second-order valence-electron chi connectivity index (χ2n) is 4.66. The Kier molecular flexibility index (Phi) is 3.73. The third-order valence-electron chi connectivity index (χ3n) is 2.98. The van der Waals surface area contributed by atoms with Gasteiger partial charge in [0, 0.05) is 0 Å². The predicted octanol–water partition coefficient (Wildman–Crippen LogP) is 2.04. The average Bonchev–Trinajstić information content (AvgIpc) is 3.05. The van der Waals surface area contributed by atoms with Crippen LogP contribution in [-0.4, -0.2) is 26.7 Å². The zero-order valence-corrected chi connectivity index (χ0v) is 11.4. The van der Waals surface area contributed by atoms with Crippen LogP contribution in [-0.2, 0) is 13.0 Å². The van der Waals surface area contributed by atoms with Crippen molar-refractivity contribution in [1.29, 1.82) is 0 Å². The van der Waals surface area contributed by atoms with Gasteiger partial charge < -0.3 is 14.8 Å². The largest absolute Gasteiger partial charge is 0.342 e. The van der Waals surface area contributed by atoms with E-state index in [2.05, 4.69) is 32.3 Å². The molecule has 6 heteroatoms. The molecular formula is C14H17N5O. The molecule has 2 aromatic heterocycles. The number of hydrogen-bond donors (Lipinski definition) is 2. The molecular weight excluding hydrogens is 254 g/mol. The van der Waals surface area contributed by atoms with Crippen molar-refractivity contribution in [2.45, 2.75) is 26.3 Å². The zero-order chi connectivity index (χ0) is 13.8. The van der Waals surface area contributed by atoms with Gasteiger partial charge in [-0.1, -0.05) is 24.2 Å². The van der Waals surface area contributed by atoms with E-state index in [0.29, 0.717) is 24.7 Å². The van der Waals surface area contributed by atoms with E-state index in [1.807, 2.05) is 24.3 Å². The van der Waals surface area contributed by atoms with Crippen molar-refractivity contribution < 1.29 is 4.52 Å². The number of fused-ring (bicyclic) bond motifs is 1. The van der Waals surface area contributed by atoms with E-state index < -0.39 is 0 Å². The van der Waals surface area contributed by atoms with Crippen molar-refractivity contribution in [3.05, 3.63) is 41.8 Å². The fourth-order valence-electron chi connectivity index (χ4n) is 2.04. The lowest BCUT2D eigenvalue weighted by Crippen LogP contribution is -2.13. The maximum atomic E-state index is 5.19. The topological polar surface area (TPSA) is 79.6 Å². The minimum atomic E-state index is 0.548. The predicted molar refractivity (Wildman–Crippen MR) is 75.2 cm³/mol. The number of benzene rings is 1. The van der Waals surface area contributed by atoms with Gasteiger partial charge in [-0.15, -0.1) is 0 Å². The number of para-hydroxylation sites is 2. The molecule has 104 valence electrons. The molecule has 0 atom stereocenters. The summed E-state index contributed by atoms with van der Waals surface area (Å²) < 4.78 is 5.19. The molecule has 0 saturated heterocycles. The SMILES string of the molecule is CCCNCc1nc(Cc2nc3ccccc3[nH]2)no1. The summed E-state index contributed by atoms with van der Waals surface area (Å²) in [4.78, 5) is 12.1. The van der Waals surface area contributed by atoms with Gasteiger partial charge in [0.2, 0.25) is 5.89 Å². The Morgan fingerprint density at radius 2 is 2.15 bits per heavy atom. The van der Waals surface area contributed by atoms with Crippen molar-refractivity contribution in [1.82, 2.24) is 25.4 Å². The Hall–Kier alpha value is -2.21. The highest BCUT2D eigenvalue weighted by molar-refractivity contribution is 5.74. The van der Waals surface area contributed by atoms with Gasteiger partial charge in [0.15, 0.2) is 5.82 Å². The van der Waals surface area contributed by atoms with Crippen molar-refractivity contribution in [2.75, 3.05) is 6.54 Å². The molecule has 3 rings (SSSR count). The highest BCUT2D eigenvalue weighted by atomic mass is 16.5. The van der Waals surface area contributed by atoms with Crippen LogP contribution >= 0.6 is 0 Å². The Morgan fingerprint density at radius 3 is 3.00 bits per heavy atom. The molecule has 0 aliphatic rings. The van der Waals surface area contributed by atoms with E-state index in [0.717, 1.165) is 29.8 Å². The molecule has 20 heavy (non-hydrogen) atoms. The highest BCUT2D eigenvalue weighted by Crippen LogP contribution is 2.12. The smallest absolute Gasteiger partial charge is 0.240 e. The van der Waals surface area contributed by atoms with E-state index in [1.54, 1.807) is 0 Å². The van der Waals surface area contributed by atoms with Gasteiger partial charge >= 0.3 is 0 Å². The van der Waals surface area contributed by atoms with E-state index in [-0.39, 0.29) is 0 Å². The summed E-state index contributed by atoms with van der Waals surface area (Å²) >= 11 is 0. The maximum Gasteiger partial charge on any atom is 0.240 e. The molecule has 3 aromatic rings. The second-order valence-corrected chi connectivity index (χ2v) is 4.66. The van der Waals surface area contributed by atoms with E-state index >= 15 is 0 Å². The molecule has 0 unspecified atom stereocenters. The summed E-state index contributed by atoms with van der Waals surface area (Å²) in [7, 11) is 0. The van der Waals surface area contributed by atoms with Crippen LogP contribution in [0.3, 0.4) is 0 Å². The van der Waals surface area contributed by atoms with E-state index in [4.69, 9.17) is 4.52 Å². The lowest BCUT2D eigenvalue weighted by molar-refractivity contribution is 0.363. The molecule has 0 radical (unpaired) electrons. The van der Waals surface area contributed by atoms with Crippen LogP contribution < -0.4 is 5.32 Å². The molecule has 0 saturated carbocycles. The summed E-state index contributed by atoms with van der Waals surface area (Å²) in [6.45, 7) is 3.68. The summed E-state index contributed by atoms with van der Waals surface area (Å²) in [5.74, 6) is 2.11. The molecule has 0 bridgehead atoms. The van der Waals surface area contributed by atoms with Crippen molar-refractivity contribution in [2.24, 2.45) is 0 Å². The Balaban J connectivity index is 1.68. The first-order valence-corrected chi connectivity index (χ1v) is 6.81. The Bertz CT molecular complexity index is 655. The molecule has 0 spiro atoms. The normalized spacial score (nSPS) is 11.2. The average molecular weight is 271 g/mol. The first-order valence-electron chi connectivity index (χ1n) is 6.81. The van der Waals surface area contributed by atoms with E-state index in [1.165, 1.54) is 0 Å². The Labute approximate surface area is 116 Å². The number of nitrogens with zero attached hydrogens (tertiary/aromatic N) is 3. The molecule has 1 aromatic carbocycles. The summed E-state index contributed by atoms with van der Waals surface area (Å²) in [5, 5.41) is 7.20. The number of aromatic amines is 1. The van der Waals surface area contributed by atoms with Crippen LogP contribution in [0.15, 0.2) is 28.8 Å². The molecule has 2 heterocycles. The van der Waals surface area contributed by atoms with Gasteiger partial charge in [0.1, 0.15) is 5.82 Å². The first kappa shape index (κ1) is 12.8. The van der Waals surface area contributed by atoms with Crippen molar-refractivity contribution >= 4 is 11.0 Å². The number of aromatic nitrogens is 4. The van der Waals surface area contributed by atoms with Crippen LogP contribution in [0.1, 0.15) is 30.9 Å². The first-order chi connectivity index (χ1) is 9.85. The minimum Gasteiger partial charge on any atom is -0.342 e. The van der Waals surface area contributed by atoms with Crippen LogP contribution in [0.4, 0.5) is 0 Å².